The third-order valence-electron chi connectivity index (χ3n) is 1.69. The van der Waals surface area contributed by atoms with E-state index in [0.717, 1.165) is 0 Å². The van der Waals surface area contributed by atoms with Gasteiger partial charge in [-0.3, -0.25) is 0 Å². The zero-order chi connectivity index (χ0) is 9.84. The molecule has 0 amide bonds. The van der Waals surface area contributed by atoms with Gasteiger partial charge in [-0.1, -0.05) is 18.2 Å². The average molecular weight is 195 g/mol. The molecule has 0 aliphatic rings. The lowest BCUT2D eigenvalue weighted by Gasteiger charge is -2.13. The van der Waals surface area contributed by atoms with E-state index in [0.29, 0.717) is 10.5 Å². The standard InChI is InChI=1S/C9H9NO2S/c10-5-7(11)9(12)6-3-1-2-4-8(6)13/h1-4,7,9,11-13H. The normalized spacial score (nSPS) is 14.6. The van der Waals surface area contributed by atoms with Crippen LogP contribution in [0.4, 0.5) is 0 Å². The number of hydrogen-bond acceptors (Lipinski definition) is 4. The first-order valence-electron chi connectivity index (χ1n) is 3.70. The highest BCUT2D eigenvalue weighted by molar-refractivity contribution is 7.80. The molecule has 68 valence electrons. The van der Waals surface area contributed by atoms with Gasteiger partial charge < -0.3 is 10.2 Å². The lowest BCUT2D eigenvalue weighted by Crippen LogP contribution is -2.16. The summed E-state index contributed by atoms with van der Waals surface area (Å²) in [6.45, 7) is 0. The predicted molar refractivity (Wildman–Crippen MR) is 50.3 cm³/mol. The van der Waals surface area contributed by atoms with E-state index >= 15 is 0 Å². The second kappa shape index (κ2) is 4.28. The molecule has 1 rings (SSSR count). The van der Waals surface area contributed by atoms with Gasteiger partial charge >= 0.3 is 0 Å². The van der Waals surface area contributed by atoms with Gasteiger partial charge in [0.1, 0.15) is 6.10 Å². The van der Waals surface area contributed by atoms with E-state index in [4.69, 9.17) is 10.4 Å². The summed E-state index contributed by atoms with van der Waals surface area (Å²) >= 11 is 4.09. The third kappa shape index (κ3) is 2.22. The Hall–Kier alpha value is -1.02. The Morgan fingerprint density at radius 3 is 2.46 bits per heavy atom. The highest BCUT2D eigenvalue weighted by Gasteiger charge is 2.18. The summed E-state index contributed by atoms with van der Waals surface area (Å²) < 4.78 is 0. The Morgan fingerprint density at radius 2 is 1.92 bits per heavy atom. The van der Waals surface area contributed by atoms with Crippen molar-refractivity contribution in [3.63, 3.8) is 0 Å². The van der Waals surface area contributed by atoms with Crippen molar-refractivity contribution in [2.24, 2.45) is 0 Å². The van der Waals surface area contributed by atoms with Crippen molar-refractivity contribution in [2.45, 2.75) is 17.1 Å². The summed E-state index contributed by atoms with van der Waals surface area (Å²) in [5.74, 6) is 0. The molecule has 0 saturated carbocycles. The molecule has 2 N–H and O–H groups in total. The van der Waals surface area contributed by atoms with Crippen LogP contribution in [0.5, 0.6) is 0 Å². The lowest BCUT2D eigenvalue weighted by molar-refractivity contribution is 0.0511. The van der Waals surface area contributed by atoms with Crippen LogP contribution in [-0.2, 0) is 0 Å². The number of thiol groups is 1. The monoisotopic (exact) mass is 195 g/mol. The fourth-order valence-electron chi connectivity index (χ4n) is 0.978. The molecule has 0 heterocycles. The quantitative estimate of drug-likeness (QED) is 0.485. The lowest BCUT2D eigenvalue weighted by atomic mass is 10.1. The Balaban J connectivity index is 2.96. The summed E-state index contributed by atoms with van der Waals surface area (Å²) in [5.41, 5.74) is 0.458. The topological polar surface area (TPSA) is 64.2 Å². The van der Waals surface area contributed by atoms with Crippen molar-refractivity contribution in [1.82, 2.24) is 0 Å². The molecule has 13 heavy (non-hydrogen) atoms. The van der Waals surface area contributed by atoms with Crippen LogP contribution in [0.3, 0.4) is 0 Å². The largest absolute Gasteiger partial charge is 0.385 e. The molecule has 1 aromatic rings. The van der Waals surface area contributed by atoms with Gasteiger partial charge in [0.15, 0.2) is 6.10 Å². The van der Waals surface area contributed by atoms with Crippen molar-refractivity contribution < 1.29 is 10.2 Å². The Morgan fingerprint density at radius 1 is 1.31 bits per heavy atom. The Bertz CT molecular complexity index is 335. The first-order chi connectivity index (χ1) is 6.16. The van der Waals surface area contributed by atoms with Crippen molar-refractivity contribution in [1.29, 1.82) is 5.26 Å². The van der Waals surface area contributed by atoms with E-state index in [9.17, 15) is 5.11 Å². The van der Waals surface area contributed by atoms with E-state index in [2.05, 4.69) is 12.6 Å². The summed E-state index contributed by atoms with van der Waals surface area (Å²) in [5, 5.41) is 26.9. The molecular formula is C9H9NO2S. The van der Waals surface area contributed by atoms with Gasteiger partial charge in [-0.25, -0.2) is 0 Å². The van der Waals surface area contributed by atoms with Crippen LogP contribution in [0.15, 0.2) is 29.2 Å². The zero-order valence-electron chi connectivity index (χ0n) is 6.75. The van der Waals surface area contributed by atoms with Gasteiger partial charge in [0, 0.05) is 4.90 Å². The molecule has 2 unspecified atom stereocenters. The summed E-state index contributed by atoms with van der Waals surface area (Å²) in [7, 11) is 0. The van der Waals surface area contributed by atoms with Gasteiger partial charge in [-0.15, -0.1) is 12.6 Å². The van der Waals surface area contributed by atoms with Crippen molar-refractivity contribution >= 4 is 12.6 Å². The molecule has 4 heteroatoms. The molecule has 0 spiro atoms. The number of aliphatic hydroxyl groups is 2. The average Bonchev–Trinajstić information content (AvgIpc) is 2.16. The maximum atomic E-state index is 9.45. The number of aliphatic hydroxyl groups excluding tert-OH is 2. The van der Waals surface area contributed by atoms with Gasteiger partial charge in [0.2, 0.25) is 0 Å². The highest BCUT2D eigenvalue weighted by atomic mass is 32.1. The van der Waals surface area contributed by atoms with Crippen LogP contribution in [-0.4, -0.2) is 16.3 Å². The SMILES string of the molecule is N#CC(O)C(O)c1ccccc1S. The molecule has 3 nitrogen and oxygen atoms in total. The maximum absolute atomic E-state index is 9.45. The molecule has 0 radical (unpaired) electrons. The van der Waals surface area contributed by atoms with E-state index < -0.39 is 12.2 Å². The van der Waals surface area contributed by atoms with E-state index in [-0.39, 0.29) is 0 Å². The molecule has 0 aliphatic carbocycles. The van der Waals surface area contributed by atoms with Crippen molar-refractivity contribution in [3.8, 4) is 6.07 Å². The minimum Gasteiger partial charge on any atom is -0.385 e. The van der Waals surface area contributed by atoms with Crippen LogP contribution in [0, 0.1) is 11.3 Å². The van der Waals surface area contributed by atoms with Gasteiger partial charge in [-0.2, -0.15) is 5.26 Å². The van der Waals surface area contributed by atoms with Crippen LogP contribution >= 0.6 is 12.6 Å². The molecular weight excluding hydrogens is 186 g/mol. The third-order valence-corrected chi connectivity index (χ3v) is 2.09. The van der Waals surface area contributed by atoms with E-state index in [1.165, 1.54) is 0 Å². The molecule has 0 aromatic heterocycles. The predicted octanol–water partition coefficient (Wildman–Crippen LogP) is 0.893. The Labute approximate surface area is 81.7 Å². The minimum atomic E-state index is -1.41. The van der Waals surface area contributed by atoms with Gasteiger partial charge in [0.05, 0.1) is 6.07 Å². The Kier molecular flexibility index (Phi) is 3.32. The molecule has 0 aliphatic heterocycles. The van der Waals surface area contributed by atoms with Crippen LogP contribution in [0.1, 0.15) is 11.7 Å². The van der Waals surface area contributed by atoms with Crippen molar-refractivity contribution in [3.05, 3.63) is 29.8 Å². The first kappa shape index (κ1) is 10.1. The smallest absolute Gasteiger partial charge is 0.170 e. The van der Waals surface area contributed by atoms with Crippen molar-refractivity contribution in [2.75, 3.05) is 0 Å². The fraction of sp³-hybridized carbons (Fsp3) is 0.222. The second-order valence-corrected chi connectivity index (χ2v) is 3.06. The first-order valence-corrected chi connectivity index (χ1v) is 4.15. The van der Waals surface area contributed by atoms with Crippen LogP contribution < -0.4 is 0 Å². The second-order valence-electron chi connectivity index (χ2n) is 2.58. The van der Waals surface area contributed by atoms with Gasteiger partial charge in [-0.05, 0) is 11.6 Å². The number of hydrogen-bond donors (Lipinski definition) is 3. The number of benzene rings is 1. The molecule has 0 saturated heterocycles. The van der Waals surface area contributed by atoms with Crippen LogP contribution in [0.2, 0.25) is 0 Å². The maximum Gasteiger partial charge on any atom is 0.170 e. The summed E-state index contributed by atoms with van der Waals surface area (Å²) in [6, 6.07) is 8.34. The number of nitriles is 1. The van der Waals surface area contributed by atoms with E-state index in [1.807, 2.05) is 0 Å². The zero-order valence-corrected chi connectivity index (χ0v) is 7.65. The van der Waals surface area contributed by atoms with E-state index in [1.54, 1.807) is 30.3 Å². The summed E-state index contributed by atoms with van der Waals surface area (Å²) in [6.07, 6.45) is -2.60. The molecule has 0 fully saturated rings. The van der Waals surface area contributed by atoms with Crippen LogP contribution in [0.25, 0.3) is 0 Å². The summed E-state index contributed by atoms with van der Waals surface area (Å²) in [4.78, 5) is 0.560. The molecule has 0 bridgehead atoms. The number of rotatable bonds is 2. The number of nitrogens with zero attached hydrogens (tertiary/aromatic N) is 1. The highest BCUT2D eigenvalue weighted by Crippen LogP contribution is 2.23. The molecule has 2 atom stereocenters. The fourth-order valence-corrected chi connectivity index (χ4v) is 1.27. The molecule has 1 aromatic carbocycles. The minimum absolute atomic E-state index is 0.458. The van der Waals surface area contributed by atoms with Gasteiger partial charge in [0.25, 0.3) is 0 Å².